The molecule has 0 unspecified atom stereocenters. The number of hydrogen-bond donors (Lipinski definition) is 2. The molecule has 1 heterocycles. The average molecular weight is 389 g/mol. The lowest BCUT2D eigenvalue weighted by Gasteiger charge is -2.06. The van der Waals surface area contributed by atoms with E-state index in [9.17, 15) is 14.3 Å². The Morgan fingerprint density at radius 1 is 1.03 bits per heavy atom. The minimum absolute atomic E-state index is 0.0845. The molecule has 1 amide bonds. The Morgan fingerprint density at radius 2 is 1.79 bits per heavy atom. The van der Waals surface area contributed by atoms with E-state index in [0.29, 0.717) is 23.1 Å². The predicted molar refractivity (Wildman–Crippen MR) is 106 cm³/mol. The van der Waals surface area contributed by atoms with E-state index in [1.54, 1.807) is 24.3 Å². The molecule has 29 heavy (non-hydrogen) atoms. The van der Waals surface area contributed by atoms with Crippen LogP contribution in [0.5, 0.6) is 11.6 Å². The highest BCUT2D eigenvalue weighted by Gasteiger charge is 2.12. The average Bonchev–Trinajstić information content (AvgIpc) is 3.05. The molecule has 3 aromatic carbocycles. The van der Waals surface area contributed by atoms with Gasteiger partial charge in [0, 0.05) is 10.9 Å². The molecule has 0 saturated carbocycles. The van der Waals surface area contributed by atoms with E-state index < -0.39 is 11.7 Å². The number of aromatic amines is 1. The summed E-state index contributed by atoms with van der Waals surface area (Å²) in [7, 11) is 0. The summed E-state index contributed by atoms with van der Waals surface area (Å²) in [6.07, 6.45) is 0. The number of aromatic nitrogens is 1. The number of para-hydroxylation sites is 1. The maximum absolute atomic E-state index is 13.3. The van der Waals surface area contributed by atoms with Gasteiger partial charge in [0.15, 0.2) is 5.69 Å². The van der Waals surface area contributed by atoms with Gasteiger partial charge in [-0.25, -0.2) is 4.39 Å². The molecular formula is C22H16FN3O3. The van der Waals surface area contributed by atoms with Gasteiger partial charge in [0.2, 0.25) is 5.88 Å². The Kier molecular flexibility index (Phi) is 5.03. The van der Waals surface area contributed by atoms with Crippen molar-refractivity contribution in [3.63, 3.8) is 0 Å². The third-order valence-corrected chi connectivity index (χ3v) is 4.30. The molecule has 0 fully saturated rings. The van der Waals surface area contributed by atoms with E-state index in [4.69, 9.17) is 4.74 Å². The van der Waals surface area contributed by atoms with Crippen LogP contribution in [0.25, 0.3) is 10.9 Å². The highest BCUT2D eigenvalue weighted by molar-refractivity contribution is 5.97. The Labute approximate surface area is 165 Å². The quantitative estimate of drug-likeness (QED) is 0.441. The number of fused-ring (bicyclic) bond motifs is 1. The summed E-state index contributed by atoms with van der Waals surface area (Å²) in [6.45, 7) is 0.375. The minimum atomic E-state index is -0.559. The molecule has 0 bridgehead atoms. The number of aromatic hydroxyl groups is 1. The maximum Gasteiger partial charge on any atom is 0.295 e. The summed E-state index contributed by atoms with van der Waals surface area (Å²) in [5.74, 6) is -0.526. The maximum atomic E-state index is 13.3. The summed E-state index contributed by atoms with van der Waals surface area (Å²) in [4.78, 5) is 14.9. The lowest BCUT2D eigenvalue weighted by molar-refractivity contribution is 0.0995. The molecule has 2 N–H and O–H groups in total. The standard InChI is InChI=1S/C22H16FN3O3/c23-16-10-11-18-19(12-16)24-22(28)20(18)25-26-21(27)15-8-6-14(7-9-15)13-29-17-4-2-1-3-5-17/h1-12,24,28H,13H2. The smallest absolute Gasteiger partial charge is 0.295 e. The first-order valence-electron chi connectivity index (χ1n) is 8.83. The molecule has 1 aromatic heterocycles. The number of H-pyrrole nitrogens is 1. The number of nitrogens with zero attached hydrogens (tertiary/aromatic N) is 2. The number of carbonyl (C=O) groups excluding carboxylic acids is 1. The topological polar surface area (TPSA) is 87.0 Å². The molecule has 0 aliphatic heterocycles. The number of nitrogens with one attached hydrogen (secondary N) is 1. The number of hydrogen-bond acceptors (Lipinski definition) is 4. The fourth-order valence-corrected chi connectivity index (χ4v) is 2.82. The van der Waals surface area contributed by atoms with Gasteiger partial charge in [0.1, 0.15) is 18.2 Å². The summed E-state index contributed by atoms with van der Waals surface area (Å²) < 4.78 is 18.9. The van der Waals surface area contributed by atoms with Crippen LogP contribution in [0.4, 0.5) is 10.1 Å². The van der Waals surface area contributed by atoms with Crippen molar-refractivity contribution in [3.05, 3.63) is 89.7 Å². The van der Waals surface area contributed by atoms with Crippen LogP contribution in [0.15, 0.2) is 83.0 Å². The van der Waals surface area contributed by atoms with Gasteiger partial charge in [-0.05, 0) is 48.0 Å². The molecule has 7 heteroatoms. The van der Waals surface area contributed by atoms with Crippen molar-refractivity contribution >= 4 is 22.5 Å². The lowest BCUT2D eigenvalue weighted by Crippen LogP contribution is -1.98. The Hall–Kier alpha value is -4.00. The Morgan fingerprint density at radius 3 is 2.55 bits per heavy atom. The van der Waals surface area contributed by atoms with Crippen molar-refractivity contribution in [1.29, 1.82) is 0 Å². The molecule has 0 aliphatic carbocycles. The summed E-state index contributed by atoms with van der Waals surface area (Å²) >= 11 is 0. The van der Waals surface area contributed by atoms with Crippen molar-refractivity contribution in [2.75, 3.05) is 0 Å². The zero-order valence-electron chi connectivity index (χ0n) is 15.2. The van der Waals surface area contributed by atoms with Gasteiger partial charge in [-0.15, -0.1) is 10.2 Å². The van der Waals surface area contributed by atoms with E-state index in [2.05, 4.69) is 15.2 Å². The Bertz CT molecular complexity index is 1190. The molecular weight excluding hydrogens is 373 g/mol. The van der Waals surface area contributed by atoms with Crippen LogP contribution < -0.4 is 4.74 Å². The van der Waals surface area contributed by atoms with Crippen LogP contribution in [0, 0.1) is 5.82 Å². The molecule has 0 aliphatic rings. The van der Waals surface area contributed by atoms with Crippen LogP contribution in [0.2, 0.25) is 0 Å². The van der Waals surface area contributed by atoms with Crippen molar-refractivity contribution < 1.29 is 19.0 Å². The number of halogens is 1. The largest absolute Gasteiger partial charge is 0.493 e. The molecule has 6 nitrogen and oxygen atoms in total. The van der Waals surface area contributed by atoms with Crippen LogP contribution in [0.1, 0.15) is 15.9 Å². The number of amides is 1. The van der Waals surface area contributed by atoms with Crippen molar-refractivity contribution in [3.8, 4) is 11.6 Å². The first-order chi connectivity index (χ1) is 14.1. The zero-order chi connectivity index (χ0) is 20.2. The molecule has 0 saturated heterocycles. The van der Waals surface area contributed by atoms with Gasteiger partial charge in [-0.1, -0.05) is 30.3 Å². The van der Waals surface area contributed by atoms with E-state index in [0.717, 1.165) is 11.3 Å². The molecule has 0 radical (unpaired) electrons. The number of carbonyl (C=O) groups is 1. The lowest BCUT2D eigenvalue weighted by atomic mass is 10.1. The number of benzene rings is 3. The van der Waals surface area contributed by atoms with Gasteiger partial charge < -0.3 is 14.8 Å². The second-order valence-electron chi connectivity index (χ2n) is 6.32. The number of rotatable bonds is 5. The van der Waals surface area contributed by atoms with Crippen molar-refractivity contribution in [2.45, 2.75) is 6.61 Å². The third-order valence-electron chi connectivity index (χ3n) is 4.30. The normalized spacial score (nSPS) is 11.2. The summed E-state index contributed by atoms with van der Waals surface area (Å²) in [5, 5.41) is 17.9. The first kappa shape index (κ1) is 18.4. The number of ether oxygens (including phenoxy) is 1. The van der Waals surface area contributed by atoms with Crippen LogP contribution >= 0.6 is 0 Å². The second-order valence-corrected chi connectivity index (χ2v) is 6.32. The second kappa shape index (κ2) is 7.93. The monoisotopic (exact) mass is 389 g/mol. The first-order valence-corrected chi connectivity index (χ1v) is 8.83. The van der Waals surface area contributed by atoms with Gasteiger partial charge in [-0.2, -0.15) is 0 Å². The molecule has 0 spiro atoms. The van der Waals surface area contributed by atoms with Crippen LogP contribution in [-0.2, 0) is 6.61 Å². The van der Waals surface area contributed by atoms with Crippen molar-refractivity contribution in [1.82, 2.24) is 4.98 Å². The summed E-state index contributed by atoms with van der Waals surface area (Å²) in [5.41, 5.74) is 1.70. The predicted octanol–water partition coefficient (Wildman–Crippen LogP) is 5.52. The highest BCUT2D eigenvalue weighted by Crippen LogP contribution is 2.35. The van der Waals surface area contributed by atoms with Gasteiger partial charge in [-0.3, -0.25) is 4.79 Å². The van der Waals surface area contributed by atoms with Gasteiger partial charge in [0.25, 0.3) is 5.91 Å². The SMILES string of the molecule is O=C(N=Nc1c(O)[nH]c2cc(F)ccc12)c1ccc(COc2ccccc2)cc1. The minimum Gasteiger partial charge on any atom is -0.493 e. The van der Waals surface area contributed by atoms with E-state index in [1.807, 2.05) is 30.3 Å². The van der Waals surface area contributed by atoms with Gasteiger partial charge in [0.05, 0.1) is 5.52 Å². The molecule has 0 atom stereocenters. The molecule has 144 valence electrons. The number of azo groups is 1. The van der Waals surface area contributed by atoms with Crippen LogP contribution in [0.3, 0.4) is 0 Å². The van der Waals surface area contributed by atoms with E-state index in [1.165, 1.54) is 18.2 Å². The fourth-order valence-electron chi connectivity index (χ4n) is 2.82. The Balaban J connectivity index is 1.45. The fraction of sp³-hybridized carbons (Fsp3) is 0.0455. The van der Waals surface area contributed by atoms with Crippen molar-refractivity contribution in [2.24, 2.45) is 10.2 Å². The summed E-state index contributed by atoms with van der Waals surface area (Å²) in [6, 6.07) is 20.2. The van der Waals surface area contributed by atoms with Crippen LogP contribution in [-0.4, -0.2) is 16.0 Å². The molecule has 4 aromatic rings. The zero-order valence-corrected chi connectivity index (χ0v) is 15.2. The van der Waals surface area contributed by atoms with E-state index in [-0.39, 0.29) is 11.6 Å². The third kappa shape index (κ3) is 4.14. The highest BCUT2D eigenvalue weighted by atomic mass is 19.1. The van der Waals surface area contributed by atoms with Gasteiger partial charge >= 0.3 is 0 Å². The van der Waals surface area contributed by atoms with E-state index >= 15 is 0 Å². The molecule has 4 rings (SSSR count).